The van der Waals surface area contributed by atoms with Crippen LogP contribution in [0.5, 0.6) is 0 Å². The third kappa shape index (κ3) is 20.1. The predicted molar refractivity (Wildman–Crippen MR) is 470 cm³/mol. The summed E-state index contributed by atoms with van der Waals surface area (Å²) in [6.45, 7) is 3.65. The summed E-state index contributed by atoms with van der Waals surface area (Å²) >= 11 is 21.8. The van der Waals surface area contributed by atoms with E-state index in [0.29, 0.717) is 39.3 Å². The molecule has 0 saturated carbocycles. The maximum absolute atomic E-state index is 4.31. The van der Waals surface area contributed by atoms with Crippen LogP contribution in [0.1, 0.15) is 66.8 Å². The molecule has 0 atom stereocenters. The predicted octanol–water partition coefficient (Wildman–Crippen LogP) is 19.3. The maximum atomic E-state index is 4.31. The maximum Gasteiger partial charge on any atom is 0.174 e. The third-order valence-corrected chi connectivity index (χ3v) is 23.7. The zero-order chi connectivity index (χ0) is 78.2. The number of halogens is 6. The number of aromatic nitrogens is 14. The van der Waals surface area contributed by atoms with Crippen LogP contribution in [0.3, 0.4) is 0 Å². The molecule has 0 amide bonds. The van der Waals surface area contributed by atoms with Crippen LogP contribution in [0.15, 0.2) is 343 Å². The zero-order valence-electron chi connectivity index (χ0n) is 62.3. The van der Waals surface area contributed by atoms with E-state index in [4.69, 9.17) is 0 Å². The SMILES string of the molecule is BrCc1c(CBr)c(CBr)c(CBr)c(CBr)c1CBr.c1cc(-c2cc[n+](Cc3c(C[n+]4ccc(-c5ccncc5)cc4)c(C[n+]4ccc(-c5ccncc5)cc4)c(C[n+]4ccc(-c5ccncc5)cc4)c(C[n+]4ccc(-c5ccncc5)cc4)c3C[n+]3ccc(-c4ccncc4)cc3)cc2)ccn1.c1cc(-c2ccncc2)ccn1. The minimum absolute atomic E-state index is 0.609. The second kappa shape index (κ2) is 40.4. The summed E-state index contributed by atoms with van der Waals surface area (Å²) in [5, 5.41) is 5.32. The molecule has 14 heterocycles. The molecule has 114 heavy (non-hydrogen) atoms. The molecule has 0 fully saturated rings. The topological polar surface area (TPSA) is 126 Å². The van der Waals surface area contributed by atoms with Gasteiger partial charge in [0.05, 0.1) is 0 Å². The minimum Gasteiger partial charge on any atom is -0.265 e. The molecule has 0 radical (unpaired) electrons. The van der Waals surface area contributed by atoms with Gasteiger partial charge in [-0.05, 0) is 208 Å². The van der Waals surface area contributed by atoms with Gasteiger partial charge in [0.15, 0.2) is 114 Å². The number of rotatable bonds is 25. The Morgan fingerprint density at radius 2 is 0.237 bits per heavy atom. The highest BCUT2D eigenvalue weighted by Crippen LogP contribution is 2.38. The third-order valence-electron chi connectivity index (χ3n) is 20.3. The van der Waals surface area contributed by atoms with E-state index in [1.54, 1.807) is 24.8 Å². The quantitative estimate of drug-likeness (QED) is 0.0409. The second-order valence-corrected chi connectivity index (χ2v) is 30.4. The van der Waals surface area contributed by atoms with Crippen LogP contribution in [-0.2, 0) is 71.2 Å². The Hall–Kier alpha value is -10.6. The zero-order valence-corrected chi connectivity index (χ0v) is 71.9. The van der Waals surface area contributed by atoms with Crippen LogP contribution >= 0.6 is 95.6 Å². The first-order valence-corrected chi connectivity index (χ1v) is 43.9. The molecule has 0 aliphatic rings. The van der Waals surface area contributed by atoms with Crippen molar-refractivity contribution in [3.05, 3.63) is 410 Å². The smallest absolute Gasteiger partial charge is 0.174 e. The first-order chi connectivity index (χ1) is 56.3. The molecule has 0 N–H and O–H groups in total. The lowest BCUT2D eigenvalue weighted by Crippen LogP contribution is -2.45. The van der Waals surface area contributed by atoms with Gasteiger partial charge < -0.3 is 0 Å². The summed E-state index contributed by atoms with van der Waals surface area (Å²) < 4.78 is 14.1. The molecule has 16 rings (SSSR count). The van der Waals surface area contributed by atoms with Gasteiger partial charge in [0, 0.05) is 237 Å². The molecule has 0 bridgehead atoms. The fraction of sp³-hybridized carbons (Fsp3) is 0.128. The van der Waals surface area contributed by atoms with E-state index in [2.05, 4.69) is 383 Å². The van der Waals surface area contributed by atoms with E-state index < -0.39 is 0 Å². The molecular formula is C94H80Br6N14+6. The minimum atomic E-state index is 0.609. The van der Waals surface area contributed by atoms with Crippen molar-refractivity contribution >= 4 is 95.6 Å². The van der Waals surface area contributed by atoms with Crippen LogP contribution in [0, 0.1) is 0 Å². The Morgan fingerprint density at radius 1 is 0.140 bits per heavy atom. The van der Waals surface area contributed by atoms with Gasteiger partial charge in [0.1, 0.15) is 0 Å². The average Bonchev–Trinajstić information content (AvgIpc) is 0.747. The molecule has 0 saturated heterocycles. The molecule has 0 spiro atoms. The van der Waals surface area contributed by atoms with Crippen molar-refractivity contribution in [3.63, 3.8) is 0 Å². The first-order valence-electron chi connectivity index (χ1n) is 37.1. The Bertz CT molecular complexity index is 4830. The van der Waals surface area contributed by atoms with Gasteiger partial charge >= 0.3 is 0 Å². The van der Waals surface area contributed by atoms with Gasteiger partial charge in [0.2, 0.25) is 0 Å². The summed E-state index contributed by atoms with van der Waals surface area (Å²) in [5.41, 5.74) is 31.9. The molecular weight excluding hydrogens is 1800 g/mol. The number of hydrogen-bond acceptors (Lipinski definition) is 8. The number of pyridine rings is 14. The van der Waals surface area contributed by atoms with Gasteiger partial charge in [-0.1, -0.05) is 95.6 Å². The largest absolute Gasteiger partial charge is 0.265 e. The highest BCUT2D eigenvalue weighted by Gasteiger charge is 2.34. The molecule has 562 valence electrons. The monoisotopic (exact) mass is 1880 g/mol. The van der Waals surface area contributed by atoms with Crippen LogP contribution in [0.25, 0.3) is 77.9 Å². The summed E-state index contributed by atoms with van der Waals surface area (Å²) in [6.07, 6.45) is 56.1. The number of nitrogens with zero attached hydrogens (tertiary/aromatic N) is 14. The van der Waals surface area contributed by atoms with Crippen LogP contribution in [0.2, 0.25) is 0 Å². The summed E-state index contributed by atoms with van der Waals surface area (Å²) in [4.78, 5) is 33.8. The molecule has 20 heteroatoms. The van der Waals surface area contributed by atoms with Crippen molar-refractivity contribution < 1.29 is 27.4 Å². The second-order valence-electron chi connectivity index (χ2n) is 27.0. The molecule has 0 aliphatic heterocycles. The van der Waals surface area contributed by atoms with Crippen molar-refractivity contribution in [2.75, 3.05) is 0 Å². The van der Waals surface area contributed by atoms with E-state index in [9.17, 15) is 0 Å². The molecule has 14 nitrogen and oxygen atoms in total. The molecule has 2 aromatic carbocycles. The fourth-order valence-electron chi connectivity index (χ4n) is 14.3. The highest BCUT2D eigenvalue weighted by atomic mass is 79.9. The van der Waals surface area contributed by atoms with E-state index in [-0.39, 0.29) is 0 Å². The van der Waals surface area contributed by atoms with Gasteiger partial charge in [0.25, 0.3) is 0 Å². The van der Waals surface area contributed by atoms with Crippen molar-refractivity contribution in [2.24, 2.45) is 0 Å². The highest BCUT2D eigenvalue weighted by molar-refractivity contribution is 9.09. The average molecular weight is 1890 g/mol. The van der Waals surface area contributed by atoms with Crippen LogP contribution in [0.4, 0.5) is 0 Å². The van der Waals surface area contributed by atoms with Crippen molar-refractivity contribution in [2.45, 2.75) is 71.2 Å². The van der Waals surface area contributed by atoms with Gasteiger partial charge in [-0.15, -0.1) is 0 Å². The lowest BCUT2D eigenvalue weighted by Gasteiger charge is -2.22. The van der Waals surface area contributed by atoms with Gasteiger partial charge in [-0.2, -0.15) is 0 Å². The molecule has 16 aromatic rings. The first kappa shape index (κ1) is 80.0. The van der Waals surface area contributed by atoms with E-state index in [1.807, 2.05) is 98.6 Å². The molecule has 0 aliphatic carbocycles. The summed E-state index contributed by atoms with van der Waals surface area (Å²) in [6, 6.07) is 59.3. The fourth-order valence-corrected chi connectivity index (χ4v) is 18.3. The summed E-state index contributed by atoms with van der Waals surface area (Å²) in [5.74, 6) is 0. The Morgan fingerprint density at radius 3 is 0.333 bits per heavy atom. The van der Waals surface area contributed by atoms with E-state index >= 15 is 0 Å². The van der Waals surface area contributed by atoms with Crippen LogP contribution < -0.4 is 27.4 Å². The lowest BCUT2D eigenvalue weighted by molar-refractivity contribution is -0.701. The van der Waals surface area contributed by atoms with Gasteiger partial charge in [-0.3, -0.25) is 39.9 Å². The Labute approximate surface area is 715 Å². The molecule has 0 unspecified atom stereocenters. The standard InChI is InChI=1S/C72H60N12.C12H12Br6.C10H8N2/c1-25-73-26-2-55(1)61-13-37-79(38-14-61)49-67-68(50-80-39-15-62(16-40-80)56-3-27-74-28-4-56)70(52-82-43-19-64(20-44-82)58-7-31-76-32-8-58)72(54-84-47-23-66(24-48-84)60-11-35-78-36-12-60)71(53-83-45-21-65(22-46-83)59-9-33-77-34-10-59)69(67)51-81-41-17-63(18-42-81)57-5-29-75-30-6-57;13-1-7-8(2-14)10(4-16)12(6-18)11(5-17)9(7)3-15;1-5-11-6-2-9(1)10-3-7-12-8-4-10/h1-48H,49-54H2;1-6H2;1-8H/q+6;;. The Kier molecular flexibility index (Phi) is 28.4. The summed E-state index contributed by atoms with van der Waals surface area (Å²) in [7, 11) is 0. The number of benzene rings is 2. The van der Waals surface area contributed by atoms with Crippen LogP contribution in [-0.4, -0.2) is 39.9 Å². The Balaban J connectivity index is 0.000000298. The van der Waals surface area contributed by atoms with E-state index in [0.717, 1.165) is 98.7 Å². The van der Waals surface area contributed by atoms with Crippen molar-refractivity contribution in [1.82, 2.24) is 39.9 Å². The van der Waals surface area contributed by atoms with E-state index in [1.165, 1.54) is 77.9 Å². The molecule has 14 aromatic heterocycles. The number of hydrogen-bond donors (Lipinski definition) is 0. The lowest BCUT2D eigenvalue weighted by atomic mass is 9.84. The normalized spacial score (nSPS) is 11.0. The van der Waals surface area contributed by atoms with Crippen molar-refractivity contribution in [3.8, 4) is 77.9 Å². The van der Waals surface area contributed by atoms with Crippen molar-refractivity contribution in [1.29, 1.82) is 0 Å². The van der Waals surface area contributed by atoms with Gasteiger partial charge in [-0.25, -0.2) is 27.4 Å². The number of alkyl halides is 6.